The van der Waals surface area contributed by atoms with Crippen molar-refractivity contribution in [3.63, 3.8) is 0 Å². The van der Waals surface area contributed by atoms with Gasteiger partial charge in [0, 0.05) is 25.0 Å². The van der Waals surface area contributed by atoms with Crippen molar-refractivity contribution < 1.29 is 0 Å². The third kappa shape index (κ3) is 3.00. The van der Waals surface area contributed by atoms with Crippen molar-refractivity contribution in [3.05, 3.63) is 24.0 Å². The van der Waals surface area contributed by atoms with E-state index in [2.05, 4.69) is 16.9 Å². The van der Waals surface area contributed by atoms with Crippen molar-refractivity contribution in [2.45, 2.75) is 44.6 Å². The molecule has 0 amide bonds. The molecule has 0 spiro atoms. The van der Waals surface area contributed by atoms with Crippen LogP contribution in [0.4, 0.5) is 5.69 Å². The second-order valence-electron chi connectivity index (χ2n) is 5.07. The van der Waals surface area contributed by atoms with E-state index in [9.17, 15) is 0 Å². The maximum Gasteiger partial charge on any atom is 0.141 e. The molecule has 1 aliphatic carbocycles. The number of hydrogen-bond donors (Lipinski definition) is 2. The van der Waals surface area contributed by atoms with E-state index in [-0.39, 0.29) is 5.84 Å². The van der Waals surface area contributed by atoms with Crippen LogP contribution in [0.25, 0.3) is 0 Å². The number of nitrogens with two attached hydrogens (primary N) is 1. The lowest BCUT2D eigenvalue weighted by Gasteiger charge is -2.29. The molecule has 3 N–H and O–H groups in total. The molecule has 18 heavy (non-hydrogen) atoms. The second-order valence-corrected chi connectivity index (χ2v) is 5.07. The summed E-state index contributed by atoms with van der Waals surface area (Å²) in [4.78, 5) is 6.43. The number of anilines is 1. The molecule has 0 radical (unpaired) electrons. The highest BCUT2D eigenvalue weighted by molar-refractivity contribution is 5.93. The molecule has 4 heteroatoms. The first kappa shape index (κ1) is 12.9. The largest absolute Gasteiger partial charge is 0.382 e. The molecular weight excluding hydrogens is 224 g/mol. The summed E-state index contributed by atoms with van der Waals surface area (Å²) in [5, 5.41) is 7.45. The fourth-order valence-electron chi connectivity index (χ4n) is 2.64. The second kappa shape index (κ2) is 5.85. The maximum atomic E-state index is 7.45. The Morgan fingerprint density at radius 3 is 2.61 bits per heavy atom. The van der Waals surface area contributed by atoms with Gasteiger partial charge in [-0.1, -0.05) is 25.7 Å². The van der Waals surface area contributed by atoms with Crippen molar-refractivity contribution in [2.75, 3.05) is 11.9 Å². The zero-order chi connectivity index (χ0) is 13.0. The van der Waals surface area contributed by atoms with Gasteiger partial charge in [-0.15, -0.1) is 0 Å². The predicted octanol–water partition coefficient (Wildman–Crippen LogP) is 2.52. The van der Waals surface area contributed by atoms with Crippen LogP contribution in [0.5, 0.6) is 0 Å². The minimum Gasteiger partial charge on any atom is -0.382 e. The number of nitrogen functional groups attached to an aromatic ring is 1. The van der Waals surface area contributed by atoms with Crippen LogP contribution in [-0.4, -0.2) is 23.9 Å². The number of nitrogens with zero attached hydrogens (tertiary/aromatic N) is 2. The number of nitrogens with one attached hydrogen (secondary N) is 1. The number of amidine groups is 1. The summed E-state index contributed by atoms with van der Waals surface area (Å²) in [5.74, 6) is 0.0334. The lowest BCUT2D eigenvalue weighted by molar-refractivity contribution is 0.553. The Hall–Kier alpha value is -1.58. The van der Waals surface area contributed by atoms with Gasteiger partial charge in [0.25, 0.3) is 0 Å². The van der Waals surface area contributed by atoms with Crippen LogP contribution in [0, 0.1) is 5.41 Å². The summed E-state index contributed by atoms with van der Waals surface area (Å²) in [6.45, 7) is 0. The zero-order valence-corrected chi connectivity index (χ0v) is 11.0. The van der Waals surface area contributed by atoms with Gasteiger partial charge in [-0.2, -0.15) is 0 Å². The van der Waals surface area contributed by atoms with Crippen molar-refractivity contribution >= 4 is 11.5 Å². The molecule has 1 fully saturated rings. The van der Waals surface area contributed by atoms with E-state index in [1.54, 1.807) is 6.20 Å². The van der Waals surface area contributed by atoms with Gasteiger partial charge < -0.3 is 10.6 Å². The van der Waals surface area contributed by atoms with Crippen LogP contribution in [0.15, 0.2) is 18.3 Å². The Balaban J connectivity index is 2.13. The monoisotopic (exact) mass is 246 g/mol. The van der Waals surface area contributed by atoms with Gasteiger partial charge in [0.05, 0.1) is 0 Å². The fourth-order valence-corrected chi connectivity index (χ4v) is 2.64. The third-order valence-corrected chi connectivity index (χ3v) is 3.80. The summed E-state index contributed by atoms with van der Waals surface area (Å²) in [7, 11) is 2.13. The molecule has 0 unspecified atom stereocenters. The van der Waals surface area contributed by atoms with Crippen LogP contribution in [0.2, 0.25) is 0 Å². The van der Waals surface area contributed by atoms with Crippen molar-refractivity contribution in [3.8, 4) is 0 Å². The van der Waals surface area contributed by atoms with E-state index >= 15 is 0 Å². The van der Waals surface area contributed by atoms with Gasteiger partial charge in [0.1, 0.15) is 11.5 Å². The minimum absolute atomic E-state index is 0.0334. The van der Waals surface area contributed by atoms with E-state index in [4.69, 9.17) is 11.1 Å². The Morgan fingerprint density at radius 1 is 1.33 bits per heavy atom. The zero-order valence-electron chi connectivity index (χ0n) is 11.0. The molecule has 0 atom stereocenters. The Kier molecular flexibility index (Phi) is 4.18. The SMILES string of the molecule is CN(c1ccnc(C(=N)N)c1)C1CCCCCC1. The first-order chi connectivity index (χ1) is 8.68. The minimum atomic E-state index is 0.0334. The fraction of sp³-hybridized carbons (Fsp3) is 0.571. The number of hydrogen-bond acceptors (Lipinski definition) is 3. The van der Waals surface area contributed by atoms with Crippen molar-refractivity contribution in [1.29, 1.82) is 5.41 Å². The van der Waals surface area contributed by atoms with E-state index in [0.29, 0.717) is 11.7 Å². The van der Waals surface area contributed by atoms with E-state index in [1.807, 2.05) is 12.1 Å². The molecule has 1 aliphatic rings. The Bertz CT molecular complexity index is 408. The molecule has 1 saturated carbocycles. The van der Waals surface area contributed by atoms with Gasteiger partial charge in [0.2, 0.25) is 0 Å². The first-order valence-corrected chi connectivity index (χ1v) is 6.72. The van der Waals surface area contributed by atoms with Crippen LogP contribution in [0.1, 0.15) is 44.2 Å². The van der Waals surface area contributed by atoms with Gasteiger partial charge in [0.15, 0.2) is 0 Å². The molecular formula is C14H22N4. The van der Waals surface area contributed by atoms with Crippen molar-refractivity contribution in [1.82, 2.24) is 4.98 Å². The molecule has 0 bridgehead atoms. The summed E-state index contributed by atoms with van der Waals surface area (Å²) >= 11 is 0. The lowest BCUT2D eigenvalue weighted by Crippen LogP contribution is -2.31. The first-order valence-electron chi connectivity index (χ1n) is 6.72. The van der Waals surface area contributed by atoms with E-state index in [1.165, 1.54) is 38.5 Å². The Morgan fingerprint density at radius 2 is 2.00 bits per heavy atom. The molecule has 0 saturated heterocycles. The van der Waals surface area contributed by atoms with Crippen LogP contribution >= 0.6 is 0 Å². The molecule has 1 aromatic heterocycles. The highest BCUT2D eigenvalue weighted by atomic mass is 15.1. The third-order valence-electron chi connectivity index (χ3n) is 3.80. The number of rotatable bonds is 3. The molecule has 1 heterocycles. The summed E-state index contributed by atoms with van der Waals surface area (Å²) < 4.78 is 0. The summed E-state index contributed by atoms with van der Waals surface area (Å²) in [5.41, 5.74) is 7.16. The summed E-state index contributed by atoms with van der Waals surface area (Å²) in [6.07, 6.45) is 9.61. The summed E-state index contributed by atoms with van der Waals surface area (Å²) in [6, 6.07) is 4.51. The van der Waals surface area contributed by atoms with Crippen molar-refractivity contribution in [2.24, 2.45) is 5.73 Å². The number of aromatic nitrogens is 1. The van der Waals surface area contributed by atoms with Crippen LogP contribution in [-0.2, 0) is 0 Å². The highest BCUT2D eigenvalue weighted by Crippen LogP contribution is 2.25. The van der Waals surface area contributed by atoms with Crippen LogP contribution in [0.3, 0.4) is 0 Å². The topological polar surface area (TPSA) is 66.0 Å². The lowest BCUT2D eigenvalue weighted by atomic mass is 10.1. The maximum absolute atomic E-state index is 7.45. The van der Waals surface area contributed by atoms with Gasteiger partial charge >= 0.3 is 0 Å². The van der Waals surface area contributed by atoms with E-state index in [0.717, 1.165) is 5.69 Å². The predicted molar refractivity (Wildman–Crippen MR) is 75.1 cm³/mol. The highest BCUT2D eigenvalue weighted by Gasteiger charge is 2.17. The van der Waals surface area contributed by atoms with Gasteiger partial charge in [-0.3, -0.25) is 10.4 Å². The van der Waals surface area contributed by atoms with Gasteiger partial charge in [-0.25, -0.2) is 0 Å². The quantitative estimate of drug-likeness (QED) is 0.489. The average molecular weight is 246 g/mol. The smallest absolute Gasteiger partial charge is 0.141 e. The number of pyridine rings is 1. The molecule has 1 aromatic rings. The normalized spacial score (nSPS) is 17.2. The molecule has 2 rings (SSSR count). The molecule has 98 valence electrons. The van der Waals surface area contributed by atoms with E-state index < -0.39 is 0 Å². The standard InChI is InChI=1S/C14H22N4/c1-18(11-6-4-2-3-5-7-11)12-8-9-17-13(10-12)14(15)16/h8-11H,2-7H2,1H3,(H3,15,16). The average Bonchev–Trinajstić information content (AvgIpc) is 2.67. The molecule has 0 aliphatic heterocycles. The molecule has 0 aromatic carbocycles. The van der Waals surface area contributed by atoms with Crippen LogP contribution < -0.4 is 10.6 Å². The molecule has 4 nitrogen and oxygen atoms in total. The Labute approximate surface area is 109 Å². The van der Waals surface area contributed by atoms with Gasteiger partial charge in [-0.05, 0) is 25.0 Å².